The van der Waals surface area contributed by atoms with E-state index in [1.165, 1.54) is 8.45 Å². The second-order valence-corrected chi connectivity index (χ2v) is 6.54. The van der Waals surface area contributed by atoms with Crippen LogP contribution in [-0.2, 0) is 0 Å². The average Bonchev–Trinajstić information content (AvgIpc) is 2.74. The van der Waals surface area contributed by atoms with Gasteiger partial charge in [-0.15, -0.1) is 22.9 Å². The second kappa shape index (κ2) is 5.17. The van der Waals surface area contributed by atoms with Crippen molar-refractivity contribution in [2.75, 3.05) is 0 Å². The molecule has 0 nitrogen and oxygen atoms in total. The monoisotopic (exact) mass is 412 g/mol. The molecule has 1 atom stereocenters. The number of rotatable bonds is 2. The molecule has 15 heavy (non-hydrogen) atoms. The SMILES string of the molecule is ClC(c1cccs1)c1cc(Br)ccc1I. The normalized spacial score (nSPS) is 12.7. The maximum absolute atomic E-state index is 6.43. The molecule has 0 amide bonds. The van der Waals surface area contributed by atoms with Crippen molar-refractivity contribution in [3.63, 3.8) is 0 Å². The van der Waals surface area contributed by atoms with E-state index in [2.05, 4.69) is 62.1 Å². The Morgan fingerprint density at radius 1 is 1.33 bits per heavy atom. The molecular formula is C11H7BrClIS. The molecule has 0 aliphatic rings. The van der Waals surface area contributed by atoms with Crippen LogP contribution in [0.4, 0.5) is 0 Å². The zero-order valence-electron chi connectivity index (χ0n) is 7.58. The standard InChI is InChI=1S/C11H7BrClIS/c12-7-3-4-9(14)8(6-7)11(13)10-2-1-5-15-10/h1-6,11H. The first-order valence-electron chi connectivity index (χ1n) is 4.31. The van der Waals surface area contributed by atoms with Gasteiger partial charge in [0.2, 0.25) is 0 Å². The van der Waals surface area contributed by atoms with E-state index in [9.17, 15) is 0 Å². The van der Waals surface area contributed by atoms with E-state index >= 15 is 0 Å². The zero-order chi connectivity index (χ0) is 10.8. The van der Waals surface area contributed by atoms with E-state index < -0.39 is 0 Å². The van der Waals surface area contributed by atoms with Crippen LogP contribution in [0.25, 0.3) is 0 Å². The molecule has 2 aromatic rings. The van der Waals surface area contributed by atoms with Crippen molar-refractivity contribution in [2.24, 2.45) is 0 Å². The van der Waals surface area contributed by atoms with Gasteiger partial charge in [0.15, 0.2) is 0 Å². The van der Waals surface area contributed by atoms with Gasteiger partial charge in [-0.1, -0.05) is 22.0 Å². The number of hydrogen-bond donors (Lipinski definition) is 0. The van der Waals surface area contributed by atoms with Crippen LogP contribution in [0.15, 0.2) is 40.2 Å². The van der Waals surface area contributed by atoms with Gasteiger partial charge in [0, 0.05) is 12.9 Å². The summed E-state index contributed by atoms with van der Waals surface area (Å²) in [5, 5.41) is 2.00. The van der Waals surface area contributed by atoms with Gasteiger partial charge in [-0.3, -0.25) is 0 Å². The van der Waals surface area contributed by atoms with Crippen molar-refractivity contribution < 1.29 is 0 Å². The second-order valence-electron chi connectivity index (χ2n) is 3.04. The molecule has 1 heterocycles. The lowest BCUT2D eigenvalue weighted by Gasteiger charge is -2.10. The van der Waals surface area contributed by atoms with Gasteiger partial charge in [-0.25, -0.2) is 0 Å². The summed E-state index contributed by atoms with van der Waals surface area (Å²) in [7, 11) is 0. The molecule has 0 aliphatic carbocycles. The van der Waals surface area contributed by atoms with Crippen LogP contribution in [-0.4, -0.2) is 0 Å². The maximum atomic E-state index is 6.43. The first kappa shape index (κ1) is 11.9. The molecule has 2 rings (SSSR count). The summed E-state index contributed by atoms with van der Waals surface area (Å²) in [6, 6.07) is 10.3. The van der Waals surface area contributed by atoms with Gasteiger partial charge in [-0.05, 0) is 57.8 Å². The predicted octanol–water partition coefficient (Wildman–Crippen LogP) is 5.44. The highest BCUT2D eigenvalue weighted by atomic mass is 127. The fourth-order valence-electron chi connectivity index (χ4n) is 1.30. The Morgan fingerprint density at radius 2 is 2.13 bits per heavy atom. The van der Waals surface area contributed by atoms with Crippen molar-refractivity contribution in [1.82, 2.24) is 0 Å². The molecule has 0 N–H and O–H groups in total. The quantitative estimate of drug-likeness (QED) is 0.454. The summed E-state index contributed by atoms with van der Waals surface area (Å²) in [5.74, 6) is 0. The minimum atomic E-state index is -0.0469. The Balaban J connectivity index is 2.41. The molecule has 0 fully saturated rings. The van der Waals surface area contributed by atoms with Crippen molar-refractivity contribution in [1.29, 1.82) is 0 Å². The molecule has 1 unspecified atom stereocenters. The number of halogens is 3. The molecule has 0 radical (unpaired) electrons. The molecule has 78 valence electrons. The molecule has 0 saturated carbocycles. The average molecular weight is 414 g/mol. The Hall–Kier alpha value is 0.420. The van der Waals surface area contributed by atoms with Gasteiger partial charge in [-0.2, -0.15) is 0 Å². The van der Waals surface area contributed by atoms with Gasteiger partial charge in [0.05, 0.1) is 5.38 Å². The summed E-state index contributed by atoms with van der Waals surface area (Å²) in [6.45, 7) is 0. The van der Waals surface area contributed by atoms with Crippen molar-refractivity contribution >= 4 is 61.5 Å². The number of alkyl halides is 1. The van der Waals surface area contributed by atoms with E-state index in [1.54, 1.807) is 11.3 Å². The van der Waals surface area contributed by atoms with Crippen molar-refractivity contribution in [3.05, 3.63) is 54.2 Å². The summed E-state index contributed by atoms with van der Waals surface area (Å²) in [6.07, 6.45) is 0. The van der Waals surface area contributed by atoms with Gasteiger partial charge in [0.25, 0.3) is 0 Å². The third-order valence-electron chi connectivity index (χ3n) is 2.02. The largest absolute Gasteiger partial charge is 0.147 e. The minimum Gasteiger partial charge on any atom is -0.147 e. The van der Waals surface area contributed by atoms with Crippen LogP contribution in [0.5, 0.6) is 0 Å². The van der Waals surface area contributed by atoms with Crippen LogP contribution in [0, 0.1) is 3.57 Å². The molecule has 0 saturated heterocycles. The van der Waals surface area contributed by atoms with E-state index in [1.807, 2.05) is 12.1 Å². The summed E-state index contributed by atoms with van der Waals surface area (Å²) in [4.78, 5) is 1.19. The molecule has 0 spiro atoms. The fourth-order valence-corrected chi connectivity index (χ4v) is 3.63. The lowest BCUT2D eigenvalue weighted by molar-refractivity contribution is 1.16. The zero-order valence-corrected chi connectivity index (χ0v) is 12.9. The third-order valence-corrected chi connectivity index (χ3v) is 5.04. The van der Waals surface area contributed by atoms with Crippen LogP contribution in [0.1, 0.15) is 15.8 Å². The van der Waals surface area contributed by atoms with E-state index in [-0.39, 0.29) is 5.38 Å². The van der Waals surface area contributed by atoms with Crippen molar-refractivity contribution in [3.8, 4) is 0 Å². The highest BCUT2D eigenvalue weighted by molar-refractivity contribution is 14.1. The Kier molecular flexibility index (Phi) is 4.10. The third kappa shape index (κ3) is 2.75. The molecule has 0 aliphatic heterocycles. The lowest BCUT2D eigenvalue weighted by Crippen LogP contribution is -1.93. The Bertz CT molecular complexity index is 456. The summed E-state index contributed by atoms with van der Waals surface area (Å²) in [5.41, 5.74) is 1.16. The van der Waals surface area contributed by atoms with Crippen LogP contribution >= 0.6 is 61.5 Å². The van der Waals surface area contributed by atoms with Gasteiger partial charge in [0.1, 0.15) is 0 Å². The summed E-state index contributed by atoms with van der Waals surface area (Å²) < 4.78 is 2.27. The number of hydrogen-bond acceptors (Lipinski definition) is 1. The molecule has 4 heteroatoms. The highest BCUT2D eigenvalue weighted by Crippen LogP contribution is 2.35. The predicted molar refractivity (Wildman–Crippen MR) is 78.9 cm³/mol. The minimum absolute atomic E-state index is 0.0469. The van der Waals surface area contributed by atoms with E-state index in [0.717, 1.165) is 10.0 Å². The van der Waals surface area contributed by atoms with Gasteiger partial charge >= 0.3 is 0 Å². The Labute approximate surface area is 120 Å². The van der Waals surface area contributed by atoms with Crippen LogP contribution in [0.3, 0.4) is 0 Å². The first-order valence-corrected chi connectivity index (χ1v) is 7.49. The highest BCUT2D eigenvalue weighted by Gasteiger charge is 2.14. The molecular weight excluding hydrogens is 406 g/mol. The smallest absolute Gasteiger partial charge is 0.0938 e. The molecule has 1 aromatic carbocycles. The van der Waals surface area contributed by atoms with E-state index in [0.29, 0.717) is 0 Å². The molecule has 0 bridgehead atoms. The Morgan fingerprint density at radius 3 is 2.80 bits per heavy atom. The maximum Gasteiger partial charge on any atom is 0.0938 e. The van der Waals surface area contributed by atoms with Crippen LogP contribution < -0.4 is 0 Å². The van der Waals surface area contributed by atoms with E-state index in [4.69, 9.17) is 11.6 Å². The number of benzene rings is 1. The first-order chi connectivity index (χ1) is 7.18. The van der Waals surface area contributed by atoms with Crippen LogP contribution in [0.2, 0.25) is 0 Å². The summed E-state index contributed by atoms with van der Waals surface area (Å²) >= 11 is 13.9. The number of thiophene rings is 1. The topological polar surface area (TPSA) is 0 Å². The molecule has 1 aromatic heterocycles. The fraction of sp³-hybridized carbons (Fsp3) is 0.0909. The lowest BCUT2D eigenvalue weighted by atomic mass is 10.1. The van der Waals surface area contributed by atoms with Gasteiger partial charge < -0.3 is 0 Å². The van der Waals surface area contributed by atoms with Crippen molar-refractivity contribution in [2.45, 2.75) is 5.38 Å².